The van der Waals surface area contributed by atoms with Crippen molar-refractivity contribution in [3.05, 3.63) is 76.7 Å². The summed E-state index contributed by atoms with van der Waals surface area (Å²) in [6.07, 6.45) is 1.12. The van der Waals surface area contributed by atoms with E-state index in [9.17, 15) is 0 Å². The number of thioether (sulfide) groups is 1. The Hall–Kier alpha value is -2.74. The third-order valence-corrected chi connectivity index (χ3v) is 8.27. The van der Waals surface area contributed by atoms with Gasteiger partial charge in [-0.3, -0.25) is 4.40 Å². The van der Waals surface area contributed by atoms with Crippen LogP contribution in [0, 0.1) is 5.92 Å². The number of fused-ring (bicyclic) bond motifs is 5. The normalized spacial score (nSPS) is 16.0. The predicted molar refractivity (Wildman–Crippen MR) is 135 cm³/mol. The Morgan fingerprint density at radius 2 is 1.82 bits per heavy atom. The molecule has 33 heavy (non-hydrogen) atoms. The fraction of sp³-hybridized carbons (Fsp3) is 0.269. The maximum absolute atomic E-state index is 6.15. The Morgan fingerprint density at radius 3 is 2.58 bits per heavy atom. The van der Waals surface area contributed by atoms with Gasteiger partial charge in [0.1, 0.15) is 10.7 Å². The van der Waals surface area contributed by atoms with Crippen molar-refractivity contribution < 1.29 is 4.74 Å². The van der Waals surface area contributed by atoms with E-state index in [1.165, 1.54) is 16.0 Å². The molecule has 7 heteroatoms. The van der Waals surface area contributed by atoms with Gasteiger partial charge in [-0.15, -0.1) is 21.5 Å². The monoisotopic (exact) mass is 472 g/mol. The van der Waals surface area contributed by atoms with E-state index in [1.807, 2.05) is 12.1 Å². The number of rotatable bonds is 5. The van der Waals surface area contributed by atoms with Crippen molar-refractivity contribution in [3.8, 4) is 11.4 Å². The molecule has 4 heterocycles. The molecule has 5 nitrogen and oxygen atoms in total. The molecule has 0 saturated carbocycles. The van der Waals surface area contributed by atoms with E-state index in [0.717, 1.165) is 44.6 Å². The predicted octanol–water partition coefficient (Wildman–Crippen LogP) is 6.40. The number of nitrogens with zero attached hydrogens (tertiary/aromatic N) is 4. The van der Waals surface area contributed by atoms with Crippen molar-refractivity contribution >= 4 is 39.0 Å². The zero-order chi connectivity index (χ0) is 22.4. The highest BCUT2D eigenvalue weighted by Gasteiger charge is 2.29. The zero-order valence-electron chi connectivity index (χ0n) is 18.6. The fourth-order valence-corrected chi connectivity index (χ4v) is 6.38. The Bertz CT molecular complexity index is 1430. The van der Waals surface area contributed by atoms with Gasteiger partial charge in [0.05, 0.1) is 18.1 Å². The lowest BCUT2D eigenvalue weighted by Gasteiger charge is -2.26. The fourth-order valence-electron chi connectivity index (χ4n) is 4.38. The van der Waals surface area contributed by atoms with Crippen molar-refractivity contribution in [2.45, 2.75) is 43.9 Å². The summed E-state index contributed by atoms with van der Waals surface area (Å²) >= 11 is 3.43. The first-order valence-electron chi connectivity index (χ1n) is 11.2. The highest BCUT2D eigenvalue weighted by atomic mass is 32.2. The third-order valence-electron chi connectivity index (χ3n) is 6.17. The minimum atomic E-state index is 0.221. The van der Waals surface area contributed by atoms with Crippen LogP contribution >= 0.6 is 23.1 Å². The van der Waals surface area contributed by atoms with Gasteiger partial charge in [0.25, 0.3) is 0 Å². The molecule has 1 aliphatic heterocycles. The Morgan fingerprint density at radius 1 is 1.06 bits per heavy atom. The molecule has 0 spiro atoms. The van der Waals surface area contributed by atoms with Gasteiger partial charge < -0.3 is 4.74 Å². The average molecular weight is 473 g/mol. The molecule has 1 aliphatic rings. The Kier molecular flexibility index (Phi) is 5.40. The summed E-state index contributed by atoms with van der Waals surface area (Å²) in [4.78, 5) is 7.46. The van der Waals surface area contributed by atoms with Crippen LogP contribution in [-0.4, -0.2) is 25.7 Å². The quantitative estimate of drug-likeness (QED) is 0.277. The van der Waals surface area contributed by atoms with Crippen molar-refractivity contribution in [1.82, 2.24) is 19.6 Å². The number of hydrogen-bond acceptors (Lipinski definition) is 6. The van der Waals surface area contributed by atoms with Crippen molar-refractivity contribution in [2.75, 3.05) is 0 Å². The van der Waals surface area contributed by atoms with Crippen LogP contribution in [0.5, 0.6) is 0 Å². The summed E-state index contributed by atoms with van der Waals surface area (Å²) in [6.45, 7) is 5.09. The number of aromatic nitrogens is 4. The Balaban J connectivity index is 1.54. The first kappa shape index (κ1) is 20.8. The summed E-state index contributed by atoms with van der Waals surface area (Å²) in [5.41, 5.74) is 4.56. The second-order valence-electron chi connectivity index (χ2n) is 8.70. The first-order valence-corrected chi connectivity index (χ1v) is 13.0. The minimum Gasteiger partial charge on any atom is -0.372 e. The largest absolute Gasteiger partial charge is 0.372 e. The van der Waals surface area contributed by atoms with Gasteiger partial charge in [-0.1, -0.05) is 86.3 Å². The zero-order valence-corrected chi connectivity index (χ0v) is 20.2. The molecule has 0 N–H and O–H groups in total. The van der Waals surface area contributed by atoms with E-state index in [0.29, 0.717) is 12.5 Å². The van der Waals surface area contributed by atoms with Gasteiger partial charge in [0.15, 0.2) is 10.8 Å². The van der Waals surface area contributed by atoms with Crippen LogP contribution in [0.1, 0.15) is 29.9 Å². The van der Waals surface area contributed by atoms with E-state index >= 15 is 0 Å². The highest BCUT2D eigenvalue weighted by molar-refractivity contribution is 7.98. The van der Waals surface area contributed by atoms with Gasteiger partial charge in [0.2, 0.25) is 0 Å². The lowest BCUT2D eigenvalue weighted by Crippen LogP contribution is -2.26. The van der Waals surface area contributed by atoms with Crippen LogP contribution in [-0.2, 0) is 23.5 Å². The molecule has 0 unspecified atom stereocenters. The van der Waals surface area contributed by atoms with Gasteiger partial charge in [-0.25, -0.2) is 4.98 Å². The molecule has 6 rings (SSSR count). The molecule has 0 saturated heterocycles. The van der Waals surface area contributed by atoms with Crippen LogP contribution in [0.2, 0.25) is 0 Å². The SMILES string of the molecule is CC(C)[C@@H]1Cc2c(sc3nc(-c4ccccc4)n4c(SCc5ccccc5)nnc4c23)CO1. The summed E-state index contributed by atoms with van der Waals surface area (Å²) in [7, 11) is 0. The standard InChI is InChI=1S/C26H24N4OS2/c1-16(2)20-13-19-21(14-31-20)33-25-22(19)24-28-29-26(32-15-17-9-5-3-6-10-17)30(24)23(27-25)18-11-7-4-8-12-18/h3-12,16,20H,13-15H2,1-2H3/t20-/m0/s1. The topological polar surface area (TPSA) is 52.3 Å². The summed E-state index contributed by atoms with van der Waals surface area (Å²) in [5, 5.41) is 11.4. The molecule has 0 fully saturated rings. The number of benzene rings is 2. The van der Waals surface area contributed by atoms with E-state index in [2.05, 4.69) is 71.9 Å². The molecule has 0 amide bonds. The molecule has 166 valence electrons. The molecular weight excluding hydrogens is 448 g/mol. The number of ether oxygens (including phenoxy) is 1. The molecule has 3 aromatic heterocycles. The van der Waals surface area contributed by atoms with Gasteiger partial charge in [-0.2, -0.15) is 0 Å². The number of hydrogen-bond donors (Lipinski definition) is 0. The summed E-state index contributed by atoms with van der Waals surface area (Å²) in [5.74, 6) is 2.19. The minimum absolute atomic E-state index is 0.221. The summed E-state index contributed by atoms with van der Waals surface area (Å²) in [6, 6.07) is 20.8. The van der Waals surface area contributed by atoms with Crippen molar-refractivity contribution in [1.29, 1.82) is 0 Å². The van der Waals surface area contributed by atoms with Crippen LogP contribution in [0.3, 0.4) is 0 Å². The van der Waals surface area contributed by atoms with Crippen LogP contribution in [0.15, 0.2) is 65.8 Å². The second kappa shape index (κ2) is 8.56. The molecule has 5 aromatic rings. The maximum atomic E-state index is 6.15. The smallest absolute Gasteiger partial charge is 0.197 e. The Labute approximate surface area is 200 Å². The van der Waals surface area contributed by atoms with Crippen molar-refractivity contribution in [2.24, 2.45) is 5.92 Å². The van der Waals surface area contributed by atoms with Gasteiger partial charge in [-0.05, 0) is 17.0 Å². The molecule has 1 atom stereocenters. The van der Waals surface area contributed by atoms with Crippen LogP contribution in [0.4, 0.5) is 0 Å². The summed E-state index contributed by atoms with van der Waals surface area (Å²) < 4.78 is 8.30. The number of thiophene rings is 1. The molecule has 2 aromatic carbocycles. The highest BCUT2D eigenvalue weighted by Crippen LogP contribution is 2.40. The van der Waals surface area contributed by atoms with Gasteiger partial charge >= 0.3 is 0 Å². The molecular formula is C26H24N4OS2. The van der Waals surface area contributed by atoms with Crippen molar-refractivity contribution in [3.63, 3.8) is 0 Å². The second-order valence-corrected chi connectivity index (χ2v) is 10.7. The van der Waals surface area contributed by atoms with Crippen LogP contribution in [0.25, 0.3) is 27.3 Å². The average Bonchev–Trinajstić information content (AvgIpc) is 3.44. The van der Waals surface area contributed by atoms with E-state index in [-0.39, 0.29) is 6.10 Å². The molecule has 0 bridgehead atoms. The van der Waals surface area contributed by atoms with E-state index in [1.54, 1.807) is 23.1 Å². The first-order chi connectivity index (χ1) is 16.2. The van der Waals surface area contributed by atoms with Gasteiger partial charge in [0, 0.05) is 22.6 Å². The lowest BCUT2D eigenvalue weighted by atomic mass is 9.96. The van der Waals surface area contributed by atoms with E-state index in [4.69, 9.17) is 14.8 Å². The maximum Gasteiger partial charge on any atom is 0.197 e. The van der Waals surface area contributed by atoms with E-state index < -0.39 is 0 Å². The molecule has 0 radical (unpaired) electrons. The molecule has 0 aliphatic carbocycles. The lowest BCUT2D eigenvalue weighted by molar-refractivity contribution is 0.00203. The van der Waals surface area contributed by atoms with Crippen LogP contribution < -0.4 is 0 Å². The third kappa shape index (κ3) is 3.74.